The van der Waals surface area contributed by atoms with E-state index in [1.54, 1.807) is 53.1 Å². The predicted octanol–water partition coefficient (Wildman–Crippen LogP) is 3.13. The summed E-state index contributed by atoms with van der Waals surface area (Å²) in [7, 11) is 0. The third-order valence-electron chi connectivity index (χ3n) is 4.93. The molecule has 0 bridgehead atoms. The molecule has 2 heterocycles. The van der Waals surface area contributed by atoms with Gasteiger partial charge in [-0.15, -0.1) is 0 Å². The summed E-state index contributed by atoms with van der Waals surface area (Å²) in [5, 5.41) is 14.7. The minimum atomic E-state index is -0.409. The van der Waals surface area contributed by atoms with Crippen molar-refractivity contribution in [2.45, 2.75) is 31.7 Å². The first-order valence-electron chi connectivity index (χ1n) is 9.25. The Hall–Kier alpha value is -3.66. The molecule has 1 fully saturated rings. The molecular formula is C21H19N5O2. The van der Waals surface area contributed by atoms with E-state index in [0.717, 1.165) is 25.7 Å². The van der Waals surface area contributed by atoms with Crippen LogP contribution in [-0.2, 0) is 0 Å². The third-order valence-corrected chi connectivity index (χ3v) is 4.93. The highest BCUT2D eigenvalue weighted by Crippen LogP contribution is 2.20. The number of pyridine rings is 1. The molecular weight excluding hydrogens is 354 g/mol. The minimum absolute atomic E-state index is 0.166. The number of amides is 2. The highest BCUT2D eigenvalue weighted by Gasteiger charge is 2.24. The summed E-state index contributed by atoms with van der Waals surface area (Å²) in [6, 6.07) is 14.1. The highest BCUT2D eigenvalue weighted by molar-refractivity contribution is 6.09. The topological polar surface area (TPSA) is 99.3 Å². The van der Waals surface area contributed by atoms with Gasteiger partial charge < -0.3 is 10.6 Å². The second-order valence-electron chi connectivity index (χ2n) is 6.84. The van der Waals surface area contributed by atoms with Gasteiger partial charge in [-0.05, 0) is 49.2 Å². The summed E-state index contributed by atoms with van der Waals surface area (Å²) in [6.45, 7) is 0. The van der Waals surface area contributed by atoms with Crippen molar-refractivity contribution in [1.29, 1.82) is 5.26 Å². The van der Waals surface area contributed by atoms with E-state index in [1.165, 1.54) is 0 Å². The molecule has 7 nitrogen and oxygen atoms in total. The number of imidazole rings is 1. The van der Waals surface area contributed by atoms with Crippen molar-refractivity contribution in [3.63, 3.8) is 0 Å². The summed E-state index contributed by atoms with van der Waals surface area (Å²) in [6.07, 6.45) is 5.91. The third kappa shape index (κ3) is 3.45. The number of nitrogens with zero attached hydrogens (tertiary/aromatic N) is 3. The molecule has 1 aliphatic carbocycles. The average Bonchev–Trinajstić information content (AvgIpc) is 3.36. The lowest BCUT2D eigenvalue weighted by Crippen LogP contribution is -2.33. The smallest absolute Gasteiger partial charge is 0.287 e. The first kappa shape index (κ1) is 17.7. The lowest BCUT2D eigenvalue weighted by atomic mass is 10.2. The van der Waals surface area contributed by atoms with Crippen molar-refractivity contribution < 1.29 is 9.59 Å². The molecule has 1 saturated carbocycles. The fourth-order valence-corrected chi connectivity index (χ4v) is 3.50. The van der Waals surface area contributed by atoms with Gasteiger partial charge in [-0.1, -0.05) is 18.9 Å². The van der Waals surface area contributed by atoms with Gasteiger partial charge >= 0.3 is 0 Å². The first-order valence-corrected chi connectivity index (χ1v) is 9.25. The Bertz CT molecular complexity index is 1070. The van der Waals surface area contributed by atoms with Gasteiger partial charge in [0.15, 0.2) is 5.69 Å². The van der Waals surface area contributed by atoms with Crippen LogP contribution in [-0.4, -0.2) is 27.2 Å². The van der Waals surface area contributed by atoms with Crippen LogP contribution in [0.2, 0.25) is 0 Å². The molecule has 4 rings (SSSR count). The second kappa shape index (κ2) is 7.53. The van der Waals surface area contributed by atoms with Crippen molar-refractivity contribution >= 4 is 23.0 Å². The molecule has 2 aromatic heterocycles. The normalized spacial score (nSPS) is 14.0. The molecule has 0 atom stereocenters. The van der Waals surface area contributed by atoms with Gasteiger partial charge in [0.05, 0.1) is 17.1 Å². The number of nitriles is 1. The van der Waals surface area contributed by atoms with Crippen LogP contribution in [0, 0.1) is 11.3 Å². The molecule has 0 unspecified atom stereocenters. The Morgan fingerprint density at radius 3 is 2.54 bits per heavy atom. The average molecular weight is 373 g/mol. The Morgan fingerprint density at radius 2 is 1.82 bits per heavy atom. The van der Waals surface area contributed by atoms with E-state index in [-0.39, 0.29) is 23.5 Å². The van der Waals surface area contributed by atoms with Crippen LogP contribution in [0.5, 0.6) is 0 Å². The second-order valence-corrected chi connectivity index (χ2v) is 6.84. The molecule has 0 aliphatic heterocycles. The zero-order valence-corrected chi connectivity index (χ0v) is 15.2. The fraction of sp³-hybridized carbons (Fsp3) is 0.238. The van der Waals surface area contributed by atoms with E-state index in [2.05, 4.69) is 15.6 Å². The quantitative estimate of drug-likeness (QED) is 0.734. The Kier molecular flexibility index (Phi) is 4.77. The number of benzene rings is 1. The molecule has 28 heavy (non-hydrogen) atoms. The molecule has 2 N–H and O–H groups in total. The SMILES string of the molecule is N#Cc1ccc(NC(=O)c2nc(C(=O)NC3CCCC3)n3ccccc23)cc1. The van der Waals surface area contributed by atoms with Crippen molar-refractivity contribution in [2.24, 2.45) is 0 Å². The van der Waals surface area contributed by atoms with Gasteiger partial charge in [-0.3, -0.25) is 14.0 Å². The number of fused-ring (bicyclic) bond motifs is 1. The molecule has 2 amide bonds. The summed E-state index contributed by atoms with van der Waals surface area (Å²) >= 11 is 0. The van der Waals surface area contributed by atoms with Gasteiger partial charge in [-0.2, -0.15) is 5.26 Å². The highest BCUT2D eigenvalue weighted by atomic mass is 16.2. The van der Waals surface area contributed by atoms with Crippen LogP contribution >= 0.6 is 0 Å². The van der Waals surface area contributed by atoms with E-state index in [0.29, 0.717) is 16.8 Å². The lowest BCUT2D eigenvalue weighted by molar-refractivity contribution is 0.0926. The van der Waals surface area contributed by atoms with Crippen LogP contribution < -0.4 is 10.6 Å². The molecule has 0 radical (unpaired) electrons. The predicted molar refractivity (Wildman–Crippen MR) is 104 cm³/mol. The number of nitrogens with one attached hydrogen (secondary N) is 2. The maximum Gasteiger partial charge on any atom is 0.287 e. The van der Waals surface area contributed by atoms with E-state index < -0.39 is 5.91 Å². The Labute approximate surface area is 162 Å². The van der Waals surface area contributed by atoms with Crippen molar-refractivity contribution in [3.8, 4) is 6.07 Å². The molecule has 1 aromatic carbocycles. The summed E-state index contributed by atoms with van der Waals surface area (Å²) in [5.74, 6) is -0.480. The molecule has 0 saturated heterocycles. The number of carbonyl (C=O) groups excluding carboxylic acids is 2. The number of anilines is 1. The van der Waals surface area contributed by atoms with Gasteiger partial charge in [0.2, 0.25) is 5.82 Å². The molecule has 7 heteroatoms. The lowest BCUT2D eigenvalue weighted by Gasteiger charge is -2.10. The van der Waals surface area contributed by atoms with Crippen molar-refractivity contribution in [2.75, 3.05) is 5.32 Å². The number of aromatic nitrogens is 2. The van der Waals surface area contributed by atoms with Crippen LogP contribution in [0.1, 0.15) is 52.4 Å². The maximum atomic E-state index is 12.8. The number of carbonyl (C=O) groups is 2. The maximum absolute atomic E-state index is 12.8. The molecule has 0 spiro atoms. The molecule has 3 aromatic rings. The van der Waals surface area contributed by atoms with Crippen LogP contribution in [0.25, 0.3) is 5.52 Å². The number of hydrogen-bond donors (Lipinski definition) is 2. The van der Waals surface area contributed by atoms with Crippen LogP contribution in [0.3, 0.4) is 0 Å². The van der Waals surface area contributed by atoms with Crippen molar-refractivity contribution in [1.82, 2.24) is 14.7 Å². The molecule has 1 aliphatic rings. The zero-order valence-electron chi connectivity index (χ0n) is 15.2. The zero-order chi connectivity index (χ0) is 19.5. The van der Waals surface area contributed by atoms with Crippen LogP contribution in [0.4, 0.5) is 5.69 Å². The fourth-order valence-electron chi connectivity index (χ4n) is 3.50. The number of rotatable bonds is 4. The van der Waals surface area contributed by atoms with E-state index in [9.17, 15) is 9.59 Å². The van der Waals surface area contributed by atoms with Gasteiger partial charge in [0, 0.05) is 17.9 Å². The number of hydrogen-bond acceptors (Lipinski definition) is 4. The summed E-state index contributed by atoms with van der Waals surface area (Å²) in [5.41, 5.74) is 1.81. The van der Waals surface area contributed by atoms with Gasteiger partial charge in [0.1, 0.15) is 0 Å². The van der Waals surface area contributed by atoms with Crippen LogP contribution in [0.15, 0.2) is 48.7 Å². The monoisotopic (exact) mass is 373 g/mol. The first-order chi connectivity index (χ1) is 13.7. The standard InChI is InChI=1S/C21H19N5O2/c22-13-14-8-10-16(11-9-14)23-20(27)18-17-7-3-4-12-26(17)19(25-18)21(28)24-15-5-1-2-6-15/h3-4,7-12,15H,1-2,5-6H2,(H,23,27)(H,24,28). The van der Waals surface area contributed by atoms with Crippen molar-refractivity contribution in [3.05, 3.63) is 65.7 Å². The van der Waals surface area contributed by atoms with Gasteiger partial charge in [-0.25, -0.2) is 4.98 Å². The summed E-state index contributed by atoms with van der Waals surface area (Å²) in [4.78, 5) is 29.8. The van der Waals surface area contributed by atoms with Gasteiger partial charge in [0.25, 0.3) is 11.8 Å². The Morgan fingerprint density at radius 1 is 1.07 bits per heavy atom. The minimum Gasteiger partial charge on any atom is -0.347 e. The largest absolute Gasteiger partial charge is 0.347 e. The molecule has 140 valence electrons. The van der Waals surface area contributed by atoms with E-state index in [4.69, 9.17) is 5.26 Å². The summed E-state index contributed by atoms with van der Waals surface area (Å²) < 4.78 is 1.64. The van der Waals surface area contributed by atoms with E-state index in [1.807, 2.05) is 6.07 Å². The van der Waals surface area contributed by atoms with E-state index >= 15 is 0 Å². The Balaban J connectivity index is 1.62.